The van der Waals surface area contributed by atoms with Crippen molar-refractivity contribution in [3.63, 3.8) is 0 Å². The van der Waals surface area contributed by atoms with Crippen molar-refractivity contribution in [3.05, 3.63) is 54.1 Å². The molecule has 1 aliphatic rings. The number of carbonyl (C=O) groups excluding carboxylic acids is 1. The highest BCUT2D eigenvalue weighted by atomic mass is 16.1. The number of piperidine rings is 1. The van der Waals surface area contributed by atoms with Gasteiger partial charge < -0.3 is 5.32 Å². The normalized spacial score (nSPS) is 15.0. The average molecular weight is 365 g/mol. The Balaban J connectivity index is 1.40. The van der Waals surface area contributed by atoms with Gasteiger partial charge in [-0.25, -0.2) is 9.36 Å². The van der Waals surface area contributed by atoms with Crippen LogP contribution in [0.15, 0.2) is 42.7 Å². The predicted molar refractivity (Wildman–Crippen MR) is 102 cm³/mol. The first-order valence-corrected chi connectivity index (χ1v) is 9.19. The lowest BCUT2D eigenvalue weighted by Gasteiger charge is -2.19. The van der Waals surface area contributed by atoms with Crippen LogP contribution in [0.2, 0.25) is 0 Å². The molecule has 8 heteroatoms. The van der Waals surface area contributed by atoms with Gasteiger partial charge in [0.15, 0.2) is 5.82 Å². The van der Waals surface area contributed by atoms with Gasteiger partial charge in [-0.1, -0.05) is 18.2 Å². The Hall–Kier alpha value is -3.00. The molecule has 1 fully saturated rings. The standard InChI is InChI=1S/C19H23N7O/c1-25-19(23-18(24-25)15-7-9-20-10-8-15)22-17(27)11-14-12-21-26(13-14)16-5-3-2-4-6-16/h2-6,12-13,15,20H,7-11H2,1H3,(H,22,23,24,27). The van der Waals surface area contributed by atoms with Gasteiger partial charge in [0.25, 0.3) is 0 Å². The first kappa shape index (κ1) is 17.4. The molecule has 0 atom stereocenters. The fourth-order valence-corrected chi connectivity index (χ4v) is 3.29. The van der Waals surface area contributed by atoms with E-state index in [1.807, 2.05) is 36.5 Å². The SMILES string of the molecule is Cn1nc(C2CCNCC2)nc1NC(=O)Cc1cnn(-c2ccccc2)c1. The van der Waals surface area contributed by atoms with Crippen LogP contribution in [0.1, 0.15) is 30.1 Å². The van der Waals surface area contributed by atoms with E-state index in [1.54, 1.807) is 22.6 Å². The Kier molecular flexibility index (Phi) is 4.97. The number of aryl methyl sites for hydroxylation is 1. The van der Waals surface area contributed by atoms with Crippen molar-refractivity contribution in [2.24, 2.45) is 7.05 Å². The fourth-order valence-electron chi connectivity index (χ4n) is 3.29. The molecule has 3 aromatic rings. The molecule has 4 rings (SSSR count). The first-order chi connectivity index (χ1) is 13.2. The van der Waals surface area contributed by atoms with Crippen LogP contribution in [0.3, 0.4) is 0 Å². The van der Waals surface area contributed by atoms with E-state index in [-0.39, 0.29) is 12.3 Å². The van der Waals surface area contributed by atoms with Gasteiger partial charge in [-0.3, -0.25) is 10.1 Å². The number of hydrogen-bond acceptors (Lipinski definition) is 5. The summed E-state index contributed by atoms with van der Waals surface area (Å²) in [5, 5.41) is 15.0. The maximum Gasteiger partial charge on any atom is 0.231 e. The lowest BCUT2D eigenvalue weighted by Crippen LogP contribution is -2.27. The van der Waals surface area contributed by atoms with Gasteiger partial charge in [0, 0.05) is 19.2 Å². The van der Waals surface area contributed by atoms with E-state index < -0.39 is 0 Å². The third-order valence-electron chi connectivity index (χ3n) is 4.76. The number of aromatic nitrogens is 5. The zero-order valence-electron chi connectivity index (χ0n) is 15.3. The monoisotopic (exact) mass is 365 g/mol. The van der Waals surface area contributed by atoms with Crippen LogP contribution in [-0.4, -0.2) is 43.5 Å². The molecule has 0 radical (unpaired) electrons. The molecule has 0 spiro atoms. The molecule has 0 saturated carbocycles. The molecule has 27 heavy (non-hydrogen) atoms. The maximum absolute atomic E-state index is 12.4. The minimum absolute atomic E-state index is 0.130. The molecule has 8 nitrogen and oxygen atoms in total. The second-order valence-electron chi connectivity index (χ2n) is 6.80. The van der Waals surface area contributed by atoms with Gasteiger partial charge in [0.1, 0.15) is 0 Å². The van der Waals surface area contributed by atoms with Crippen molar-refractivity contribution in [1.82, 2.24) is 29.9 Å². The summed E-state index contributed by atoms with van der Waals surface area (Å²) in [4.78, 5) is 17.0. The number of rotatable bonds is 5. The summed E-state index contributed by atoms with van der Waals surface area (Å²) in [6.07, 6.45) is 5.87. The number of amides is 1. The summed E-state index contributed by atoms with van der Waals surface area (Å²) in [6.45, 7) is 1.96. The summed E-state index contributed by atoms with van der Waals surface area (Å²) < 4.78 is 3.41. The summed E-state index contributed by atoms with van der Waals surface area (Å²) in [5.41, 5.74) is 1.81. The van der Waals surface area contributed by atoms with Crippen molar-refractivity contribution in [3.8, 4) is 5.69 Å². The highest BCUT2D eigenvalue weighted by Gasteiger charge is 2.21. The summed E-state index contributed by atoms with van der Waals surface area (Å²) in [6, 6.07) is 9.81. The van der Waals surface area contributed by atoms with Crippen LogP contribution in [0.4, 0.5) is 5.95 Å². The maximum atomic E-state index is 12.4. The van der Waals surface area contributed by atoms with Crippen LogP contribution in [0, 0.1) is 0 Å². The molecule has 1 aliphatic heterocycles. The third-order valence-corrected chi connectivity index (χ3v) is 4.76. The molecule has 1 amide bonds. The zero-order valence-corrected chi connectivity index (χ0v) is 15.3. The number of nitrogens with zero attached hydrogens (tertiary/aromatic N) is 5. The number of anilines is 1. The van der Waals surface area contributed by atoms with Crippen LogP contribution < -0.4 is 10.6 Å². The van der Waals surface area contributed by atoms with Gasteiger partial charge in [-0.15, -0.1) is 0 Å². The Labute approximate surface area is 157 Å². The smallest absolute Gasteiger partial charge is 0.231 e. The van der Waals surface area contributed by atoms with E-state index in [1.165, 1.54) is 0 Å². The van der Waals surface area contributed by atoms with Gasteiger partial charge in [-0.05, 0) is 43.6 Å². The molecule has 1 aromatic carbocycles. The van der Waals surface area contributed by atoms with Crippen molar-refractivity contribution in [1.29, 1.82) is 0 Å². The summed E-state index contributed by atoms with van der Waals surface area (Å²) in [7, 11) is 1.81. The Morgan fingerprint density at radius 3 is 2.81 bits per heavy atom. The number of hydrogen-bond donors (Lipinski definition) is 2. The predicted octanol–water partition coefficient (Wildman–Crippen LogP) is 1.65. The molecule has 140 valence electrons. The van der Waals surface area contributed by atoms with Crippen molar-refractivity contribution >= 4 is 11.9 Å². The zero-order chi connectivity index (χ0) is 18.6. The first-order valence-electron chi connectivity index (χ1n) is 9.19. The molecule has 2 aromatic heterocycles. The fraction of sp³-hybridized carbons (Fsp3) is 0.368. The second kappa shape index (κ2) is 7.71. The van der Waals surface area contributed by atoms with Gasteiger partial charge in [0.05, 0.1) is 18.3 Å². The van der Waals surface area contributed by atoms with E-state index >= 15 is 0 Å². The summed E-state index contributed by atoms with van der Waals surface area (Å²) in [5.74, 6) is 1.53. The van der Waals surface area contributed by atoms with Crippen LogP contribution in [0.5, 0.6) is 0 Å². The van der Waals surface area contributed by atoms with E-state index in [0.717, 1.165) is 43.0 Å². The van der Waals surface area contributed by atoms with Gasteiger partial charge in [0.2, 0.25) is 11.9 Å². The molecule has 3 heterocycles. The molecular weight excluding hydrogens is 342 g/mol. The van der Waals surface area contributed by atoms with E-state index in [0.29, 0.717) is 11.9 Å². The van der Waals surface area contributed by atoms with E-state index in [9.17, 15) is 4.79 Å². The Bertz CT molecular complexity index is 909. The highest BCUT2D eigenvalue weighted by molar-refractivity contribution is 5.90. The Morgan fingerprint density at radius 2 is 2.04 bits per heavy atom. The number of nitrogens with one attached hydrogen (secondary N) is 2. The largest absolute Gasteiger partial charge is 0.317 e. The van der Waals surface area contributed by atoms with Crippen LogP contribution in [0.25, 0.3) is 5.69 Å². The van der Waals surface area contributed by atoms with Crippen molar-refractivity contribution < 1.29 is 4.79 Å². The molecule has 0 aliphatic carbocycles. The summed E-state index contributed by atoms with van der Waals surface area (Å²) >= 11 is 0. The molecule has 0 bridgehead atoms. The number of benzene rings is 1. The minimum Gasteiger partial charge on any atom is -0.317 e. The molecule has 0 unspecified atom stereocenters. The highest BCUT2D eigenvalue weighted by Crippen LogP contribution is 2.23. The van der Waals surface area contributed by atoms with Crippen LogP contribution in [-0.2, 0) is 18.3 Å². The molecular formula is C19H23N7O. The van der Waals surface area contributed by atoms with E-state index in [2.05, 4.69) is 25.8 Å². The lowest BCUT2D eigenvalue weighted by atomic mass is 9.98. The second-order valence-corrected chi connectivity index (χ2v) is 6.80. The third kappa shape index (κ3) is 4.06. The average Bonchev–Trinajstić information content (AvgIpc) is 3.30. The quantitative estimate of drug-likeness (QED) is 0.718. The van der Waals surface area contributed by atoms with Crippen molar-refractivity contribution in [2.45, 2.75) is 25.2 Å². The van der Waals surface area contributed by atoms with Crippen molar-refractivity contribution in [2.75, 3.05) is 18.4 Å². The van der Waals surface area contributed by atoms with Gasteiger partial charge in [-0.2, -0.15) is 15.2 Å². The topological polar surface area (TPSA) is 89.7 Å². The number of carbonyl (C=O) groups is 1. The minimum atomic E-state index is -0.130. The molecule has 2 N–H and O–H groups in total. The van der Waals surface area contributed by atoms with Crippen LogP contribution >= 0.6 is 0 Å². The molecule has 1 saturated heterocycles. The number of para-hydroxylation sites is 1. The Morgan fingerprint density at radius 1 is 1.26 bits per heavy atom. The lowest BCUT2D eigenvalue weighted by molar-refractivity contribution is -0.115. The van der Waals surface area contributed by atoms with Gasteiger partial charge >= 0.3 is 0 Å². The van der Waals surface area contributed by atoms with E-state index in [4.69, 9.17) is 0 Å².